The summed E-state index contributed by atoms with van der Waals surface area (Å²) in [5.74, 6) is -2.36. The Morgan fingerprint density at radius 2 is 1.71 bits per heavy atom. The average Bonchev–Trinajstić information content (AvgIpc) is 2.47. The highest BCUT2D eigenvalue weighted by Gasteiger charge is 2.31. The molecular formula is C16H33NO4. The number of aliphatic hydroxyl groups is 2. The molecule has 0 unspecified atom stereocenters. The quantitative estimate of drug-likeness (QED) is 0.480. The van der Waals surface area contributed by atoms with Gasteiger partial charge >= 0.3 is 5.97 Å². The fourth-order valence-electron chi connectivity index (χ4n) is 2.40. The van der Waals surface area contributed by atoms with Crippen LogP contribution in [0.4, 0.5) is 0 Å². The molecule has 0 bridgehead atoms. The maximum absolute atomic E-state index is 10.9. The predicted octanol–water partition coefficient (Wildman–Crippen LogP) is 1.97. The van der Waals surface area contributed by atoms with Crippen LogP contribution in [0.15, 0.2) is 0 Å². The van der Waals surface area contributed by atoms with Crippen molar-refractivity contribution in [2.45, 2.75) is 65.6 Å². The first-order valence-corrected chi connectivity index (χ1v) is 8.16. The molecule has 0 saturated carbocycles. The molecule has 4 atom stereocenters. The van der Waals surface area contributed by atoms with Gasteiger partial charge in [-0.2, -0.15) is 0 Å². The molecule has 0 fully saturated rings. The van der Waals surface area contributed by atoms with Gasteiger partial charge in [0.1, 0.15) is 0 Å². The lowest BCUT2D eigenvalue weighted by atomic mass is 9.89. The van der Waals surface area contributed by atoms with Crippen molar-refractivity contribution in [2.75, 3.05) is 19.6 Å². The number of unbranched alkanes of at least 4 members (excludes halogenated alkanes) is 3. The summed E-state index contributed by atoms with van der Waals surface area (Å²) in [5.41, 5.74) is 0. The molecule has 0 aliphatic carbocycles. The Balaban J connectivity index is 4.28. The second kappa shape index (κ2) is 11.0. The monoisotopic (exact) mass is 303 g/mol. The van der Waals surface area contributed by atoms with Crippen molar-refractivity contribution in [1.29, 1.82) is 0 Å². The van der Waals surface area contributed by atoms with Gasteiger partial charge in [-0.15, -0.1) is 0 Å². The fourth-order valence-corrected chi connectivity index (χ4v) is 2.40. The molecule has 0 aliphatic rings. The molecule has 0 aromatic heterocycles. The fraction of sp³-hybridized carbons (Fsp3) is 0.938. The minimum atomic E-state index is -1.03. The highest BCUT2D eigenvalue weighted by molar-refractivity contribution is 5.70. The number of carboxylic acids is 1. The summed E-state index contributed by atoms with van der Waals surface area (Å²) in [6.07, 6.45) is 2.98. The Hall–Kier alpha value is -0.650. The van der Waals surface area contributed by atoms with E-state index >= 15 is 0 Å². The molecule has 0 saturated heterocycles. The zero-order valence-electron chi connectivity index (χ0n) is 14.0. The molecule has 0 amide bonds. The maximum atomic E-state index is 10.9. The average molecular weight is 303 g/mol. The first kappa shape index (κ1) is 20.3. The Morgan fingerprint density at radius 1 is 1.10 bits per heavy atom. The van der Waals surface area contributed by atoms with Crippen LogP contribution in [-0.2, 0) is 4.79 Å². The van der Waals surface area contributed by atoms with E-state index in [0.717, 1.165) is 19.5 Å². The Morgan fingerprint density at radius 3 is 2.19 bits per heavy atom. The van der Waals surface area contributed by atoms with E-state index in [1.54, 1.807) is 6.92 Å². The van der Waals surface area contributed by atoms with E-state index in [4.69, 9.17) is 5.11 Å². The highest BCUT2D eigenvalue weighted by Crippen LogP contribution is 2.18. The molecule has 0 radical (unpaired) electrons. The van der Waals surface area contributed by atoms with E-state index < -0.39 is 30.0 Å². The van der Waals surface area contributed by atoms with Crippen molar-refractivity contribution >= 4 is 5.97 Å². The molecule has 0 aromatic carbocycles. The molecule has 126 valence electrons. The second-order valence-corrected chi connectivity index (χ2v) is 6.00. The van der Waals surface area contributed by atoms with Crippen molar-refractivity contribution in [3.8, 4) is 0 Å². The van der Waals surface area contributed by atoms with Gasteiger partial charge in [-0.3, -0.25) is 4.79 Å². The molecular weight excluding hydrogens is 270 g/mol. The van der Waals surface area contributed by atoms with Crippen LogP contribution < -0.4 is 0 Å². The van der Waals surface area contributed by atoms with Gasteiger partial charge in [0, 0.05) is 12.5 Å². The predicted molar refractivity (Wildman–Crippen MR) is 84.2 cm³/mol. The number of carboxylic acid groups (broad SMARTS) is 1. The van der Waals surface area contributed by atoms with Crippen molar-refractivity contribution in [2.24, 2.45) is 11.8 Å². The topological polar surface area (TPSA) is 81.0 Å². The van der Waals surface area contributed by atoms with Crippen LogP contribution in [0.5, 0.6) is 0 Å². The first-order valence-electron chi connectivity index (χ1n) is 8.16. The van der Waals surface area contributed by atoms with Gasteiger partial charge in [-0.25, -0.2) is 0 Å². The molecule has 0 heterocycles. The number of rotatable bonds is 12. The summed E-state index contributed by atoms with van der Waals surface area (Å²) in [6, 6.07) is 0. The third-order valence-corrected chi connectivity index (χ3v) is 4.27. The minimum absolute atomic E-state index is 0.458. The van der Waals surface area contributed by atoms with Gasteiger partial charge in [-0.1, -0.05) is 40.0 Å². The summed E-state index contributed by atoms with van der Waals surface area (Å²) in [5, 5.41) is 29.2. The third-order valence-electron chi connectivity index (χ3n) is 4.27. The summed E-state index contributed by atoms with van der Waals surface area (Å²) >= 11 is 0. The van der Waals surface area contributed by atoms with Crippen LogP contribution in [0.1, 0.15) is 53.4 Å². The zero-order valence-corrected chi connectivity index (χ0v) is 14.0. The van der Waals surface area contributed by atoms with Crippen molar-refractivity contribution < 1.29 is 20.1 Å². The van der Waals surface area contributed by atoms with Crippen LogP contribution in [0.3, 0.4) is 0 Å². The van der Waals surface area contributed by atoms with Crippen LogP contribution in [0.2, 0.25) is 0 Å². The summed E-state index contributed by atoms with van der Waals surface area (Å²) < 4.78 is 0. The standard InChI is InChI=1S/C16H33NO4/c1-5-7-8-9-10-17(6-2)11-14(18)12(3)15(19)13(4)16(20)21/h12-15,18-19H,5-11H2,1-4H3,(H,20,21)/t12-,13+,14+,15-/m1/s1. The number of carbonyl (C=O) groups is 1. The second-order valence-electron chi connectivity index (χ2n) is 6.00. The maximum Gasteiger partial charge on any atom is 0.308 e. The van der Waals surface area contributed by atoms with E-state index in [-0.39, 0.29) is 0 Å². The smallest absolute Gasteiger partial charge is 0.308 e. The van der Waals surface area contributed by atoms with E-state index in [2.05, 4.69) is 11.8 Å². The lowest BCUT2D eigenvalue weighted by molar-refractivity contribution is -0.147. The lowest BCUT2D eigenvalue weighted by Crippen LogP contribution is -2.43. The molecule has 0 rings (SSSR count). The Bertz CT molecular complexity index is 285. The van der Waals surface area contributed by atoms with Crippen molar-refractivity contribution in [3.05, 3.63) is 0 Å². The van der Waals surface area contributed by atoms with Crippen LogP contribution in [0, 0.1) is 11.8 Å². The lowest BCUT2D eigenvalue weighted by Gasteiger charge is -2.30. The number of hydrogen-bond donors (Lipinski definition) is 3. The summed E-state index contributed by atoms with van der Waals surface area (Å²) in [6.45, 7) is 9.67. The molecule has 0 spiro atoms. The van der Waals surface area contributed by atoms with Gasteiger partial charge in [0.25, 0.3) is 0 Å². The number of likely N-dealkylation sites (N-methyl/N-ethyl adjacent to an activating group) is 1. The summed E-state index contributed by atoms with van der Waals surface area (Å²) in [7, 11) is 0. The molecule has 5 nitrogen and oxygen atoms in total. The number of nitrogens with zero attached hydrogens (tertiary/aromatic N) is 1. The van der Waals surface area contributed by atoms with Crippen molar-refractivity contribution in [1.82, 2.24) is 4.90 Å². The number of aliphatic carboxylic acids is 1. The van der Waals surface area contributed by atoms with Gasteiger partial charge in [0.2, 0.25) is 0 Å². The molecule has 5 heteroatoms. The molecule has 0 aromatic rings. The van der Waals surface area contributed by atoms with Crippen molar-refractivity contribution in [3.63, 3.8) is 0 Å². The Kier molecular flexibility index (Phi) is 10.6. The molecule has 0 aliphatic heterocycles. The van der Waals surface area contributed by atoms with Gasteiger partial charge < -0.3 is 20.2 Å². The van der Waals surface area contributed by atoms with Crippen LogP contribution in [0.25, 0.3) is 0 Å². The number of aliphatic hydroxyl groups excluding tert-OH is 2. The van der Waals surface area contributed by atoms with Crippen LogP contribution in [-0.4, -0.2) is 58.0 Å². The van der Waals surface area contributed by atoms with Gasteiger partial charge in [0.15, 0.2) is 0 Å². The van der Waals surface area contributed by atoms with E-state index in [0.29, 0.717) is 6.54 Å². The normalized spacial score (nSPS) is 17.5. The molecule has 3 N–H and O–H groups in total. The van der Waals surface area contributed by atoms with E-state index in [1.807, 2.05) is 6.92 Å². The largest absolute Gasteiger partial charge is 0.481 e. The van der Waals surface area contributed by atoms with Gasteiger partial charge in [0.05, 0.1) is 18.1 Å². The van der Waals surface area contributed by atoms with E-state index in [1.165, 1.54) is 26.2 Å². The third kappa shape index (κ3) is 7.79. The van der Waals surface area contributed by atoms with Gasteiger partial charge in [-0.05, 0) is 26.4 Å². The highest BCUT2D eigenvalue weighted by atomic mass is 16.4. The minimum Gasteiger partial charge on any atom is -0.481 e. The molecule has 21 heavy (non-hydrogen) atoms. The first-order chi connectivity index (χ1) is 9.84. The van der Waals surface area contributed by atoms with Crippen LogP contribution >= 0.6 is 0 Å². The SMILES string of the molecule is CCCCCCN(CC)C[C@H](O)[C@@H](C)[C@@H](O)[C@H](C)C(=O)O. The van der Waals surface area contributed by atoms with E-state index in [9.17, 15) is 15.0 Å². The number of hydrogen-bond acceptors (Lipinski definition) is 4. The Labute approximate surface area is 129 Å². The summed E-state index contributed by atoms with van der Waals surface area (Å²) in [4.78, 5) is 13.1. The zero-order chi connectivity index (χ0) is 16.4.